The Hall–Kier alpha value is -1.84. The molecule has 0 saturated heterocycles. The molecule has 0 aromatic carbocycles. The topological polar surface area (TPSA) is 55.4 Å². The quantitative estimate of drug-likeness (QED) is 0.0747. The van der Waals surface area contributed by atoms with E-state index in [0.717, 1.165) is 74.0 Å². The van der Waals surface area contributed by atoms with Crippen LogP contribution in [0.3, 0.4) is 0 Å². The molecule has 0 radical (unpaired) electrons. The lowest BCUT2D eigenvalue weighted by molar-refractivity contribution is -0.119. The highest BCUT2D eigenvalue weighted by atomic mass is 16.6. The van der Waals surface area contributed by atoms with Crippen molar-refractivity contribution in [3.05, 3.63) is 36.0 Å². The molecule has 8 atom stereocenters. The third-order valence-corrected chi connectivity index (χ3v) is 15.1. The average molecular weight is 748 g/mol. The molecule has 4 nitrogen and oxygen atoms in total. The number of ether oxygens (including phenoxy) is 1. The third kappa shape index (κ3) is 13.4. The van der Waals surface area contributed by atoms with Crippen molar-refractivity contribution in [1.82, 2.24) is 5.32 Å². The fourth-order valence-electron chi connectivity index (χ4n) is 11.9. The molecule has 3 fully saturated rings. The van der Waals surface area contributed by atoms with Crippen LogP contribution in [-0.2, 0) is 9.53 Å². The first kappa shape index (κ1) is 44.9. The summed E-state index contributed by atoms with van der Waals surface area (Å²) in [5.74, 6) is 5.39. The molecule has 4 heteroatoms. The molecule has 0 aromatic rings. The zero-order chi connectivity index (χ0) is 38.8. The Bertz CT molecular complexity index is 1200. The van der Waals surface area contributed by atoms with Gasteiger partial charge in [0.1, 0.15) is 11.9 Å². The molecule has 4 aliphatic rings. The maximum Gasteiger partial charge on any atom is 0.407 e. The standard InChI is InChI=1S/C50H85NO3/c1-7-8-9-10-11-12-13-14-15-16-17-18-19-20-21-22-27-42(52)28-24-37-51-48(53)54-43-33-35-49(5)41(38-43)29-30-44-46-32-31-45(40(4)26-23-25-39(2)3)50(46,6)36-34-47(44)49/h11-12,14-15,29,39-40,43-47H,7-10,13,16-28,30-38H2,1-6H3,(H,51,53)/t40-,43+,44?,45-,46?,47?,49+,50-/m1/s1. The summed E-state index contributed by atoms with van der Waals surface area (Å²) in [6, 6.07) is 0. The van der Waals surface area contributed by atoms with Gasteiger partial charge in [-0.1, -0.05) is 135 Å². The molecule has 0 aromatic heterocycles. The number of carbonyl (C=O) groups is 2. The Morgan fingerprint density at radius 1 is 0.796 bits per heavy atom. The summed E-state index contributed by atoms with van der Waals surface area (Å²) in [5.41, 5.74) is 2.36. The molecular weight excluding hydrogens is 663 g/mol. The largest absolute Gasteiger partial charge is 0.446 e. The van der Waals surface area contributed by atoms with E-state index < -0.39 is 0 Å². The zero-order valence-electron chi connectivity index (χ0n) is 36.2. The van der Waals surface area contributed by atoms with Gasteiger partial charge in [0.05, 0.1) is 0 Å². The van der Waals surface area contributed by atoms with Crippen molar-refractivity contribution in [2.45, 2.75) is 215 Å². The summed E-state index contributed by atoms with van der Waals surface area (Å²) < 4.78 is 5.98. The van der Waals surface area contributed by atoms with E-state index in [4.69, 9.17) is 4.74 Å². The van der Waals surface area contributed by atoms with Crippen molar-refractivity contribution >= 4 is 11.9 Å². The molecule has 308 valence electrons. The molecule has 0 bridgehead atoms. The Morgan fingerprint density at radius 3 is 2.24 bits per heavy atom. The number of allylic oxidation sites excluding steroid dienone is 5. The van der Waals surface area contributed by atoms with Crippen LogP contribution in [0.4, 0.5) is 4.79 Å². The number of ketones is 1. The SMILES string of the molecule is CCCCCC=CCC=CCCCCCCCCC(=O)CCCNC(=O)O[C@H]1CC[C@@]2(C)C(=CCC3C2CC[C@@]2(C)C3CC[C@@H]2[C@H](C)CCCC(C)C)C1. The van der Waals surface area contributed by atoms with Gasteiger partial charge in [0.15, 0.2) is 0 Å². The van der Waals surface area contributed by atoms with Gasteiger partial charge in [-0.15, -0.1) is 0 Å². The van der Waals surface area contributed by atoms with Gasteiger partial charge in [-0.05, 0) is 136 Å². The van der Waals surface area contributed by atoms with Crippen LogP contribution in [-0.4, -0.2) is 24.5 Å². The van der Waals surface area contributed by atoms with Gasteiger partial charge in [0.25, 0.3) is 0 Å². The van der Waals surface area contributed by atoms with E-state index >= 15 is 0 Å². The predicted molar refractivity (Wildman–Crippen MR) is 230 cm³/mol. The van der Waals surface area contributed by atoms with Gasteiger partial charge in [0, 0.05) is 25.8 Å². The summed E-state index contributed by atoms with van der Waals surface area (Å²) in [7, 11) is 0. The summed E-state index contributed by atoms with van der Waals surface area (Å²) in [6.45, 7) is 15.3. The number of amides is 1. The highest BCUT2D eigenvalue weighted by Gasteiger charge is 2.59. The maximum atomic E-state index is 12.8. The zero-order valence-corrected chi connectivity index (χ0v) is 36.2. The molecule has 0 spiro atoms. The Labute approximate surface area is 334 Å². The Morgan fingerprint density at radius 2 is 1.50 bits per heavy atom. The molecule has 4 aliphatic carbocycles. The van der Waals surface area contributed by atoms with Crippen molar-refractivity contribution in [1.29, 1.82) is 0 Å². The summed E-state index contributed by atoms with van der Waals surface area (Å²) in [5, 5.41) is 2.96. The molecule has 3 unspecified atom stereocenters. The second-order valence-electron chi connectivity index (χ2n) is 19.5. The van der Waals surface area contributed by atoms with Gasteiger partial charge >= 0.3 is 6.09 Å². The van der Waals surface area contributed by atoms with Gasteiger partial charge < -0.3 is 10.1 Å². The molecule has 1 N–H and O–H groups in total. The van der Waals surface area contributed by atoms with Gasteiger partial charge in [-0.3, -0.25) is 4.79 Å². The van der Waals surface area contributed by atoms with Gasteiger partial charge in [-0.25, -0.2) is 4.79 Å². The number of nitrogens with one attached hydrogen (secondary N) is 1. The summed E-state index contributed by atoms with van der Waals surface area (Å²) in [4.78, 5) is 25.2. The Balaban J connectivity index is 1.04. The van der Waals surface area contributed by atoms with Crippen LogP contribution in [0.1, 0.15) is 208 Å². The normalized spacial score (nSPS) is 29.9. The van der Waals surface area contributed by atoms with Crippen LogP contribution in [0.2, 0.25) is 0 Å². The molecule has 4 rings (SSSR count). The fourth-order valence-corrected chi connectivity index (χ4v) is 11.9. The lowest BCUT2D eigenvalue weighted by Crippen LogP contribution is -2.51. The number of rotatable bonds is 25. The maximum absolute atomic E-state index is 12.8. The van der Waals surface area contributed by atoms with Crippen molar-refractivity contribution in [2.24, 2.45) is 46.3 Å². The van der Waals surface area contributed by atoms with Gasteiger partial charge in [0.2, 0.25) is 0 Å². The van der Waals surface area contributed by atoms with Crippen LogP contribution in [0.15, 0.2) is 36.0 Å². The van der Waals surface area contributed by atoms with Crippen LogP contribution < -0.4 is 5.32 Å². The molecule has 0 aliphatic heterocycles. The summed E-state index contributed by atoms with van der Waals surface area (Å²) in [6.07, 6.45) is 42.1. The molecule has 3 saturated carbocycles. The van der Waals surface area contributed by atoms with E-state index in [1.54, 1.807) is 5.57 Å². The van der Waals surface area contributed by atoms with E-state index in [-0.39, 0.29) is 17.6 Å². The Kier molecular flexibility index (Phi) is 19.4. The molecule has 1 amide bonds. The second kappa shape index (κ2) is 23.4. The van der Waals surface area contributed by atoms with E-state index in [0.29, 0.717) is 37.0 Å². The van der Waals surface area contributed by atoms with E-state index in [2.05, 4.69) is 77.2 Å². The minimum atomic E-state index is -0.302. The smallest absolute Gasteiger partial charge is 0.407 e. The van der Waals surface area contributed by atoms with Crippen LogP contribution >= 0.6 is 0 Å². The van der Waals surface area contributed by atoms with E-state index in [9.17, 15) is 9.59 Å². The van der Waals surface area contributed by atoms with Gasteiger partial charge in [-0.2, -0.15) is 0 Å². The van der Waals surface area contributed by atoms with E-state index in [1.807, 2.05) is 0 Å². The highest BCUT2D eigenvalue weighted by molar-refractivity contribution is 5.78. The lowest BCUT2D eigenvalue weighted by atomic mass is 9.47. The highest BCUT2D eigenvalue weighted by Crippen LogP contribution is 2.67. The number of fused-ring (bicyclic) bond motifs is 5. The molecule has 0 heterocycles. The molecular formula is C50H85NO3. The first-order valence-electron chi connectivity index (χ1n) is 23.5. The van der Waals surface area contributed by atoms with E-state index in [1.165, 1.54) is 109 Å². The number of carbonyl (C=O) groups excluding carboxylic acids is 2. The van der Waals surface area contributed by atoms with Crippen molar-refractivity contribution < 1.29 is 14.3 Å². The fraction of sp³-hybridized carbons (Fsp3) is 0.840. The first-order valence-corrected chi connectivity index (χ1v) is 23.5. The molecule has 54 heavy (non-hydrogen) atoms. The third-order valence-electron chi connectivity index (χ3n) is 15.1. The number of hydrogen-bond acceptors (Lipinski definition) is 3. The minimum Gasteiger partial charge on any atom is -0.446 e. The second-order valence-corrected chi connectivity index (χ2v) is 19.5. The first-order chi connectivity index (χ1) is 26.1. The predicted octanol–water partition coefficient (Wildman–Crippen LogP) is 14.7. The number of Topliss-reactive ketones (excluding diaryl/α,β-unsaturated/α-hetero) is 1. The number of hydrogen-bond donors (Lipinski definition) is 1. The van der Waals surface area contributed by atoms with Crippen molar-refractivity contribution in [3.8, 4) is 0 Å². The minimum absolute atomic E-state index is 0.0253. The van der Waals surface area contributed by atoms with Crippen molar-refractivity contribution in [3.63, 3.8) is 0 Å². The number of alkyl carbamates (subject to hydrolysis) is 1. The number of unbranched alkanes of at least 4 members (excludes halogenated alkanes) is 9. The monoisotopic (exact) mass is 748 g/mol. The van der Waals surface area contributed by atoms with Crippen molar-refractivity contribution in [2.75, 3.05) is 6.54 Å². The lowest BCUT2D eigenvalue weighted by Gasteiger charge is -2.58. The average Bonchev–Trinajstić information content (AvgIpc) is 3.50. The van der Waals surface area contributed by atoms with Crippen LogP contribution in [0.5, 0.6) is 0 Å². The van der Waals surface area contributed by atoms with Crippen LogP contribution in [0, 0.1) is 46.3 Å². The van der Waals surface area contributed by atoms with Crippen LogP contribution in [0.25, 0.3) is 0 Å². The summed E-state index contributed by atoms with van der Waals surface area (Å²) >= 11 is 0.